The van der Waals surface area contributed by atoms with Crippen molar-refractivity contribution in [1.29, 1.82) is 0 Å². The molecule has 0 amide bonds. The second-order valence-electron chi connectivity index (χ2n) is 5.73. The zero-order valence-electron chi connectivity index (χ0n) is 12.2. The van der Waals surface area contributed by atoms with Crippen LogP contribution in [0.2, 0.25) is 0 Å². The SMILES string of the molecule is Cc1nc(N)nc(N2CCC(N3CCCC3)C2)c1[N+](=O)[O-]. The summed E-state index contributed by atoms with van der Waals surface area (Å²) in [6, 6.07) is 0.462. The largest absolute Gasteiger partial charge is 0.368 e. The first kappa shape index (κ1) is 14.0. The molecule has 0 spiro atoms. The molecule has 1 aromatic heterocycles. The van der Waals surface area contributed by atoms with Crippen LogP contribution >= 0.6 is 0 Å². The van der Waals surface area contributed by atoms with Crippen molar-refractivity contribution in [1.82, 2.24) is 14.9 Å². The molecule has 8 nitrogen and oxygen atoms in total. The summed E-state index contributed by atoms with van der Waals surface area (Å²) in [4.78, 5) is 23.4. The Bertz CT molecular complexity index is 558. The second-order valence-corrected chi connectivity index (χ2v) is 5.73. The van der Waals surface area contributed by atoms with E-state index in [0.29, 0.717) is 17.6 Å². The molecule has 1 aromatic rings. The van der Waals surface area contributed by atoms with E-state index in [2.05, 4.69) is 14.9 Å². The fourth-order valence-corrected chi connectivity index (χ4v) is 3.35. The van der Waals surface area contributed by atoms with Crippen LogP contribution in [0, 0.1) is 17.0 Å². The summed E-state index contributed by atoms with van der Waals surface area (Å²) >= 11 is 0. The number of nitrogens with zero attached hydrogens (tertiary/aromatic N) is 5. The second kappa shape index (κ2) is 5.44. The predicted octanol–water partition coefficient (Wildman–Crippen LogP) is 0.950. The van der Waals surface area contributed by atoms with Crippen molar-refractivity contribution >= 4 is 17.5 Å². The van der Waals surface area contributed by atoms with Crippen LogP contribution in [0.3, 0.4) is 0 Å². The molecule has 3 heterocycles. The van der Waals surface area contributed by atoms with Gasteiger partial charge in [-0.1, -0.05) is 0 Å². The van der Waals surface area contributed by atoms with Gasteiger partial charge >= 0.3 is 5.69 Å². The molecule has 21 heavy (non-hydrogen) atoms. The highest BCUT2D eigenvalue weighted by atomic mass is 16.6. The van der Waals surface area contributed by atoms with Gasteiger partial charge in [-0.3, -0.25) is 15.0 Å². The molecular weight excluding hydrogens is 272 g/mol. The standard InChI is InChI=1S/C13H20N6O2/c1-9-11(19(20)21)12(16-13(14)15-9)18-7-4-10(8-18)17-5-2-3-6-17/h10H,2-8H2,1H3,(H2,14,15,16). The van der Waals surface area contributed by atoms with Gasteiger partial charge in [-0.15, -0.1) is 0 Å². The van der Waals surface area contributed by atoms with Gasteiger partial charge in [0.05, 0.1) is 4.92 Å². The average molecular weight is 292 g/mol. The number of anilines is 2. The van der Waals surface area contributed by atoms with E-state index in [1.807, 2.05) is 4.90 Å². The molecular formula is C13H20N6O2. The zero-order valence-corrected chi connectivity index (χ0v) is 12.2. The Hall–Kier alpha value is -1.96. The van der Waals surface area contributed by atoms with E-state index in [-0.39, 0.29) is 11.6 Å². The molecule has 1 unspecified atom stereocenters. The molecule has 0 bridgehead atoms. The van der Waals surface area contributed by atoms with Crippen molar-refractivity contribution in [3.8, 4) is 0 Å². The first-order valence-corrected chi connectivity index (χ1v) is 7.34. The molecule has 3 rings (SSSR count). The van der Waals surface area contributed by atoms with Crippen molar-refractivity contribution in [2.24, 2.45) is 0 Å². The average Bonchev–Trinajstić information content (AvgIpc) is 3.08. The van der Waals surface area contributed by atoms with E-state index in [0.717, 1.165) is 32.6 Å². The van der Waals surface area contributed by atoms with Crippen LogP contribution in [0.15, 0.2) is 0 Å². The Balaban J connectivity index is 1.85. The number of rotatable bonds is 3. The summed E-state index contributed by atoms with van der Waals surface area (Å²) in [5, 5.41) is 11.3. The maximum absolute atomic E-state index is 11.3. The Kier molecular flexibility index (Phi) is 3.62. The lowest BCUT2D eigenvalue weighted by Gasteiger charge is -2.24. The van der Waals surface area contributed by atoms with Crippen molar-refractivity contribution in [3.63, 3.8) is 0 Å². The van der Waals surface area contributed by atoms with Crippen LogP contribution in [-0.2, 0) is 0 Å². The van der Waals surface area contributed by atoms with Crippen LogP contribution in [0.1, 0.15) is 25.0 Å². The molecule has 0 aromatic carbocycles. The van der Waals surface area contributed by atoms with Crippen molar-refractivity contribution in [2.45, 2.75) is 32.2 Å². The molecule has 2 aliphatic heterocycles. The van der Waals surface area contributed by atoms with Crippen LogP contribution < -0.4 is 10.6 Å². The van der Waals surface area contributed by atoms with Crippen LogP contribution in [0.4, 0.5) is 17.5 Å². The number of aryl methyl sites for hydroxylation is 1. The lowest BCUT2D eigenvalue weighted by molar-refractivity contribution is -0.385. The topological polar surface area (TPSA) is 101 Å². The number of hydrogen-bond donors (Lipinski definition) is 1. The number of aromatic nitrogens is 2. The maximum Gasteiger partial charge on any atom is 0.332 e. The smallest absolute Gasteiger partial charge is 0.332 e. The van der Waals surface area contributed by atoms with E-state index in [1.54, 1.807) is 6.92 Å². The number of likely N-dealkylation sites (tertiary alicyclic amines) is 1. The van der Waals surface area contributed by atoms with Gasteiger partial charge < -0.3 is 10.6 Å². The van der Waals surface area contributed by atoms with Crippen molar-refractivity contribution in [3.05, 3.63) is 15.8 Å². The van der Waals surface area contributed by atoms with E-state index in [1.165, 1.54) is 12.8 Å². The highest BCUT2D eigenvalue weighted by molar-refractivity contribution is 5.62. The highest BCUT2D eigenvalue weighted by Gasteiger charge is 2.34. The minimum atomic E-state index is -0.409. The van der Waals surface area contributed by atoms with Gasteiger partial charge in [0, 0.05) is 19.1 Å². The molecule has 8 heteroatoms. The van der Waals surface area contributed by atoms with Gasteiger partial charge in [0.25, 0.3) is 0 Å². The molecule has 0 radical (unpaired) electrons. The maximum atomic E-state index is 11.3. The fourth-order valence-electron chi connectivity index (χ4n) is 3.35. The number of hydrogen-bond acceptors (Lipinski definition) is 7. The van der Waals surface area contributed by atoms with Crippen molar-refractivity contribution < 1.29 is 4.92 Å². The third kappa shape index (κ3) is 2.63. The monoisotopic (exact) mass is 292 g/mol. The molecule has 2 fully saturated rings. The third-order valence-electron chi connectivity index (χ3n) is 4.36. The lowest BCUT2D eigenvalue weighted by atomic mass is 10.2. The molecule has 2 aliphatic rings. The molecule has 2 saturated heterocycles. The van der Waals surface area contributed by atoms with Gasteiger partial charge in [-0.05, 0) is 39.3 Å². The Morgan fingerprint density at radius 1 is 1.29 bits per heavy atom. The first-order chi connectivity index (χ1) is 10.1. The zero-order chi connectivity index (χ0) is 15.0. The first-order valence-electron chi connectivity index (χ1n) is 7.34. The molecule has 0 saturated carbocycles. The van der Waals surface area contributed by atoms with Gasteiger partial charge in [0.2, 0.25) is 11.8 Å². The summed E-state index contributed by atoms with van der Waals surface area (Å²) in [5.41, 5.74) is 5.98. The normalized spacial score (nSPS) is 22.9. The van der Waals surface area contributed by atoms with E-state index in [4.69, 9.17) is 5.73 Å². The number of nitrogen functional groups attached to an aromatic ring is 1. The summed E-state index contributed by atoms with van der Waals surface area (Å²) in [6.07, 6.45) is 3.51. The Morgan fingerprint density at radius 3 is 2.67 bits per heavy atom. The summed E-state index contributed by atoms with van der Waals surface area (Å²) < 4.78 is 0. The molecule has 2 N–H and O–H groups in total. The number of nitrogens with two attached hydrogens (primary N) is 1. The Morgan fingerprint density at radius 2 is 2.00 bits per heavy atom. The van der Waals surface area contributed by atoms with E-state index < -0.39 is 4.92 Å². The quantitative estimate of drug-likeness (QED) is 0.653. The van der Waals surface area contributed by atoms with Gasteiger partial charge in [-0.2, -0.15) is 4.98 Å². The van der Waals surface area contributed by atoms with Crippen LogP contribution in [-0.4, -0.2) is 52.0 Å². The third-order valence-corrected chi connectivity index (χ3v) is 4.36. The minimum absolute atomic E-state index is 0.0220. The van der Waals surface area contributed by atoms with Crippen LogP contribution in [0.25, 0.3) is 0 Å². The summed E-state index contributed by atoms with van der Waals surface area (Å²) in [7, 11) is 0. The predicted molar refractivity (Wildman–Crippen MR) is 79.3 cm³/mol. The van der Waals surface area contributed by atoms with Crippen molar-refractivity contribution in [2.75, 3.05) is 36.8 Å². The highest BCUT2D eigenvalue weighted by Crippen LogP contribution is 2.32. The van der Waals surface area contributed by atoms with E-state index in [9.17, 15) is 10.1 Å². The van der Waals surface area contributed by atoms with Gasteiger partial charge in [0.15, 0.2) is 0 Å². The summed E-state index contributed by atoms with van der Waals surface area (Å²) in [6.45, 7) is 5.42. The number of nitro groups is 1. The van der Waals surface area contributed by atoms with E-state index >= 15 is 0 Å². The Labute approximate surface area is 123 Å². The minimum Gasteiger partial charge on any atom is -0.368 e. The molecule has 0 aliphatic carbocycles. The lowest BCUT2D eigenvalue weighted by Crippen LogP contribution is -2.35. The summed E-state index contributed by atoms with van der Waals surface area (Å²) in [5.74, 6) is 0.462. The van der Waals surface area contributed by atoms with Gasteiger partial charge in [0.1, 0.15) is 5.69 Å². The molecule has 1 atom stereocenters. The fraction of sp³-hybridized carbons (Fsp3) is 0.692. The van der Waals surface area contributed by atoms with Crippen LogP contribution in [0.5, 0.6) is 0 Å². The van der Waals surface area contributed by atoms with Gasteiger partial charge in [-0.25, -0.2) is 4.98 Å². The molecule has 114 valence electrons.